The number of rotatable bonds is 2. The van der Waals surface area contributed by atoms with Crippen LogP contribution in [0, 0.1) is 5.82 Å². The Bertz CT molecular complexity index is 258. The van der Waals surface area contributed by atoms with Crippen LogP contribution in [0.15, 0.2) is 18.2 Å². The van der Waals surface area contributed by atoms with Crippen molar-refractivity contribution in [2.75, 3.05) is 6.67 Å². The molecule has 0 aliphatic heterocycles. The van der Waals surface area contributed by atoms with Crippen LogP contribution in [0.1, 0.15) is 11.6 Å². The molecule has 1 aromatic rings. The second kappa shape index (κ2) is 3.83. The van der Waals surface area contributed by atoms with Gasteiger partial charge in [0.25, 0.3) is 0 Å². The lowest BCUT2D eigenvalue weighted by Gasteiger charge is -2.07. The molecule has 2 N–H and O–H groups in total. The first kappa shape index (κ1) is 9.42. The van der Waals surface area contributed by atoms with E-state index in [0.29, 0.717) is 5.56 Å². The molecule has 0 fully saturated rings. The summed E-state index contributed by atoms with van der Waals surface area (Å²) in [7, 11) is 0. The fraction of sp³-hybridized carbons (Fsp3) is 0.250. The van der Waals surface area contributed by atoms with Gasteiger partial charge in [0.15, 0.2) is 0 Å². The molecular weight excluding hydrogens is 184 g/mol. The van der Waals surface area contributed by atoms with Gasteiger partial charge >= 0.3 is 0 Å². The molecule has 0 saturated carbocycles. The maximum absolute atomic E-state index is 12.7. The molecule has 1 atom stereocenters. The van der Waals surface area contributed by atoms with Gasteiger partial charge in [0.05, 0.1) is 6.04 Å². The van der Waals surface area contributed by atoms with E-state index in [1.807, 2.05) is 0 Å². The molecule has 0 radical (unpaired) electrons. The first-order valence-electron chi connectivity index (χ1n) is 3.41. The number of nitrogens with two attached hydrogens (primary N) is 1. The maximum Gasteiger partial charge on any atom is 0.125 e. The molecule has 1 aromatic carbocycles. The quantitative estimate of drug-likeness (QED) is 0.764. The highest BCUT2D eigenvalue weighted by molar-refractivity contribution is 6.30. The van der Waals surface area contributed by atoms with Crippen molar-refractivity contribution in [2.45, 2.75) is 6.04 Å². The van der Waals surface area contributed by atoms with E-state index in [2.05, 4.69) is 0 Å². The molecular formula is C8H8ClF2N. The van der Waals surface area contributed by atoms with E-state index in [4.69, 9.17) is 17.3 Å². The third kappa shape index (κ3) is 2.16. The summed E-state index contributed by atoms with van der Waals surface area (Å²) in [5.41, 5.74) is 5.71. The minimum Gasteiger partial charge on any atom is -0.322 e. The lowest BCUT2D eigenvalue weighted by Crippen LogP contribution is -2.12. The summed E-state index contributed by atoms with van der Waals surface area (Å²) < 4.78 is 24.7. The molecule has 0 bridgehead atoms. The monoisotopic (exact) mass is 191 g/mol. The van der Waals surface area contributed by atoms with Gasteiger partial charge < -0.3 is 5.73 Å². The topological polar surface area (TPSA) is 26.0 Å². The molecule has 0 aliphatic carbocycles. The Kier molecular flexibility index (Phi) is 3.00. The largest absolute Gasteiger partial charge is 0.322 e. The van der Waals surface area contributed by atoms with E-state index in [0.717, 1.165) is 6.07 Å². The molecule has 12 heavy (non-hydrogen) atoms. The zero-order valence-electron chi connectivity index (χ0n) is 6.23. The van der Waals surface area contributed by atoms with Gasteiger partial charge in [-0.3, -0.25) is 0 Å². The highest BCUT2D eigenvalue weighted by Gasteiger charge is 2.07. The molecule has 66 valence electrons. The number of hydrogen-bond acceptors (Lipinski definition) is 1. The van der Waals surface area contributed by atoms with Crippen molar-refractivity contribution in [3.05, 3.63) is 34.6 Å². The molecule has 0 amide bonds. The molecule has 0 aliphatic rings. The summed E-state index contributed by atoms with van der Waals surface area (Å²) in [5, 5.41) is 0.230. The molecule has 1 rings (SSSR count). The zero-order chi connectivity index (χ0) is 9.14. The van der Waals surface area contributed by atoms with Crippen LogP contribution >= 0.6 is 11.6 Å². The molecule has 0 aromatic heterocycles. The van der Waals surface area contributed by atoms with E-state index in [1.165, 1.54) is 12.1 Å². The van der Waals surface area contributed by atoms with E-state index < -0.39 is 18.5 Å². The van der Waals surface area contributed by atoms with Gasteiger partial charge in [0.1, 0.15) is 12.5 Å². The summed E-state index contributed by atoms with van der Waals surface area (Å²) in [6, 6.07) is 2.99. The standard InChI is InChI=1S/C8H8ClF2N/c9-6-1-5(8(12)4-10)2-7(11)3-6/h1-3,8H,4,12H2/t8-/m1/s1. The Labute approximate surface area is 74.1 Å². The Hall–Kier alpha value is -0.670. The normalized spacial score (nSPS) is 13.0. The smallest absolute Gasteiger partial charge is 0.125 e. The molecule has 1 nitrogen and oxygen atoms in total. The van der Waals surface area contributed by atoms with Crippen LogP contribution in [0.2, 0.25) is 5.02 Å². The van der Waals surface area contributed by atoms with Crippen molar-refractivity contribution in [1.29, 1.82) is 0 Å². The third-order valence-electron chi connectivity index (χ3n) is 1.48. The summed E-state index contributed by atoms with van der Waals surface area (Å²) in [6.45, 7) is -0.722. The van der Waals surface area contributed by atoms with Gasteiger partial charge in [-0.1, -0.05) is 11.6 Å². The first-order valence-corrected chi connectivity index (χ1v) is 3.79. The minimum atomic E-state index is -0.793. The predicted octanol–water partition coefficient (Wildman–Crippen LogP) is 2.45. The van der Waals surface area contributed by atoms with Crippen molar-refractivity contribution in [3.8, 4) is 0 Å². The minimum absolute atomic E-state index is 0.230. The third-order valence-corrected chi connectivity index (χ3v) is 1.70. The number of benzene rings is 1. The fourth-order valence-electron chi connectivity index (χ4n) is 0.878. The van der Waals surface area contributed by atoms with Crippen LogP contribution in [0.4, 0.5) is 8.78 Å². The van der Waals surface area contributed by atoms with Crippen molar-refractivity contribution in [2.24, 2.45) is 5.73 Å². The Morgan fingerprint density at radius 3 is 2.58 bits per heavy atom. The van der Waals surface area contributed by atoms with Gasteiger partial charge in [0, 0.05) is 5.02 Å². The predicted molar refractivity (Wildman–Crippen MR) is 44.3 cm³/mol. The highest BCUT2D eigenvalue weighted by atomic mass is 35.5. The van der Waals surface area contributed by atoms with Crippen molar-refractivity contribution in [3.63, 3.8) is 0 Å². The fourth-order valence-corrected chi connectivity index (χ4v) is 1.11. The van der Waals surface area contributed by atoms with E-state index in [-0.39, 0.29) is 5.02 Å². The van der Waals surface area contributed by atoms with Crippen LogP contribution in [-0.4, -0.2) is 6.67 Å². The molecule has 0 saturated heterocycles. The van der Waals surface area contributed by atoms with Gasteiger partial charge in [-0.15, -0.1) is 0 Å². The van der Waals surface area contributed by atoms with Crippen LogP contribution < -0.4 is 5.73 Å². The van der Waals surface area contributed by atoms with E-state index >= 15 is 0 Å². The van der Waals surface area contributed by atoms with Gasteiger partial charge in [-0.2, -0.15) is 0 Å². The lowest BCUT2D eigenvalue weighted by molar-refractivity contribution is 0.436. The van der Waals surface area contributed by atoms with Crippen LogP contribution in [0.3, 0.4) is 0 Å². The number of alkyl halides is 1. The summed E-state index contributed by atoms with van der Waals surface area (Å²) in [6.07, 6.45) is 0. The Balaban J connectivity index is 3.00. The average molecular weight is 192 g/mol. The van der Waals surface area contributed by atoms with Crippen LogP contribution in [0.25, 0.3) is 0 Å². The van der Waals surface area contributed by atoms with Gasteiger partial charge in [0.2, 0.25) is 0 Å². The first-order chi connectivity index (χ1) is 5.63. The van der Waals surface area contributed by atoms with Crippen molar-refractivity contribution in [1.82, 2.24) is 0 Å². The van der Waals surface area contributed by atoms with E-state index in [1.54, 1.807) is 0 Å². The zero-order valence-corrected chi connectivity index (χ0v) is 6.98. The average Bonchev–Trinajstić information content (AvgIpc) is 2.01. The SMILES string of the molecule is N[C@H](CF)c1cc(F)cc(Cl)c1. The van der Waals surface area contributed by atoms with Gasteiger partial charge in [-0.05, 0) is 23.8 Å². The van der Waals surface area contributed by atoms with Crippen LogP contribution in [0.5, 0.6) is 0 Å². The molecule has 4 heteroatoms. The van der Waals surface area contributed by atoms with Crippen molar-refractivity contribution < 1.29 is 8.78 Å². The Morgan fingerprint density at radius 2 is 2.08 bits per heavy atom. The molecule has 0 unspecified atom stereocenters. The van der Waals surface area contributed by atoms with Crippen molar-refractivity contribution >= 4 is 11.6 Å². The lowest BCUT2D eigenvalue weighted by atomic mass is 10.1. The second-order valence-corrected chi connectivity index (χ2v) is 2.90. The summed E-state index contributed by atoms with van der Waals surface area (Å²) in [4.78, 5) is 0. The Morgan fingerprint density at radius 1 is 1.42 bits per heavy atom. The highest BCUT2D eigenvalue weighted by Crippen LogP contribution is 2.18. The van der Waals surface area contributed by atoms with Crippen LogP contribution in [-0.2, 0) is 0 Å². The number of halogens is 3. The summed E-state index contributed by atoms with van der Waals surface area (Å²) in [5.74, 6) is -0.499. The van der Waals surface area contributed by atoms with E-state index in [9.17, 15) is 8.78 Å². The molecule has 0 spiro atoms. The summed E-state index contributed by atoms with van der Waals surface area (Å²) >= 11 is 5.53. The molecule has 0 heterocycles. The maximum atomic E-state index is 12.7. The number of hydrogen-bond donors (Lipinski definition) is 1. The van der Waals surface area contributed by atoms with Gasteiger partial charge in [-0.25, -0.2) is 8.78 Å². The second-order valence-electron chi connectivity index (χ2n) is 2.46.